The first kappa shape index (κ1) is 11.1. The van der Waals surface area contributed by atoms with Crippen molar-refractivity contribution in [2.75, 3.05) is 5.32 Å². The van der Waals surface area contributed by atoms with Gasteiger partial charge in [-0.1, -0.05) is 0 Å². The summed E-state index contributed by atoms with van der Waals surface area (Å²) in [5, 5.41) is 16.2. The number of aromatic nitrogens is 3. The maximum Gasteiger partial charge on any atom is 0.153 e. The number of hydrogen-bond acceptors (Lipinski definition) is 4. The average Bonchev–Trinajstić information content (AvgIpc) is 2.78. The zero-order valence-electron chi connectivity index (χ0n) is 9.75. The Hall–Kier alpha value is -2.35. The smallest absolute Gasteiger partial charge is 0.153 e. The van der Waals surface area contributed by atoms with Gasteiger partial charge in [0.1, 0.15) is 5.82 Å². The topological polar surface area (TPSA) is 66.5 Å². The SMILES string of the molecule is CC(C)n1ccc(Nc2cc(C#N)ccn2)n1. The van der Waals surface area contributed by atoms with E-state index in [4.69, 9.17) is 5.26 Å². The highest BCUT2D eigenvalue weighted by Crippen LogP contribution is 2.14. The van der Waals surface area contributed by atoms with Gasteiger partial charge < -0.3 is 5.32 Å². The van der Waals surface area contributed by atoms with Gasteiger partial charge in [-0.05, 0) is 26.0 Å². The molecular formula is C12H13N5. The first-order valence-electron chi connectivity index (χ1n) is 5.37. The van der Waals surface area contributed by atoms with Gasteiger partial charge in [0.25, 0.3) is 0 Å². The quantitative estimate of drug-likeness (QED) is 0.874. The molecule has 0 fully saturated rings. The molecule has 0 aliphatic heterocycles. The summed E-state index contributed by atoms with van der Waals surface area (Å²) < 4.78 is 1.86. The summed E-state index contributed by atoms with van der Waals surface area (Å²) in [5.41, 5.74) is 0.575. The second-order valence-corrected chi connectivity index (χ2v) is 3.94. The minimum atomic E-state index is 0.323. The van der Waals surface area contributed by atoms with Crippen molar-refractivity contribution in [3.63, 3.8) is 0 Å². The third kappa shape index (κ3) is 2.61. The molecule has 2 rings (SSSR count). The molecule has 0 atom stereocenters. The van der Waals surface area contributed by atoms with Crippen LogP contribution in [0, 0.1) is 11.3 Å². The van der Waals surface area contributed by atoms with Crippen molar-refractivity contribution < 1.29 is 0 Å². The molecule has 2 heterocycles. The van der Waals surface area contributed by atoms with Crippen LogP contribution < -0.4 is 5.32 Å². The van der Waals surface area contributed by atoms with Crippen LogP contribution in [0.5, 0.6) is 0 Å². The zero-order valence-corrected chi connectivity index (χ0v) is 9.75. The first-order chi connectivity index (χ1) is 8.19. The molecule has 0 spiro atoms. The predicted octanol–water partition coefficient (Wildman–Crippen LogP) is 2.47. The lowest BCUT2D eigenvalue weighted by molar-refractivity contribution is 0.534. The van der Waals surface area contributed by atoms with Crippen molar-refractivity contribution in [1.82, 2.24) is 14.8 Å². The number of hydrogen-bond donors (Lipinski definition) is 1. The van der Waals surface area contributed by atoms with Crippen LogP contribution in [-0.4, -0.2) is 14.8 Å². The molecule has 5 nitrogen and oxygen atoms in total. The van der Waals surface area contributed by atoms with E-state index in [2.05, 4.69) is 35.3 Å². The van der Waals surface area contributed by atoms with Crippen molar-refractivity contribution in [2.45, 2.75) is 19.9 Å². The Kier molecular flexibility index (Phi) is 3.06. The fourth-order valence-electron chi connectivity index (χ4n) is 1.39. The summed E-state index contributed by atoms with van der Waals surface area (Å²) in [6.45, 7) is 4.12. The lowest BCUT2D eigenvalue weighted by atomic mass is 10.3. The van der Waals surface area contributed by atoms with Gasteiger partial charge in [0.2, 0.25) is 0 Å². The minimum Gasteiger partial charge on any atom is -0.323 e. The van der Waals surface area contributed by atoms with Crippen LogP contribution in [0.2, 0.25) is 0 Å². The van der Waals surface area contributed by atoms with Crippen molar-refractivity contribution in [2.24, 2.45) is 0 Å². The van der Waals surface area contributed by atoms with E-state index in [1.165, 1.54) is 0 Å². The van der Waals surface area contributed by atoms with Gasteiger partial charge in [-0.15, -0.1) is 0 Å². The molecule has 0 aliphatic carbocycles. The van der Waals surface area contributed by atoms with Crippen LogP contribution in [0.1, 0.15) is 25.5 Å². The van der Waals surface area contributed by atoms with E-state index >= 15 is 0 Å². The summed E-state index contributed by atoms with van der Waals surface area (Å²) in [4.78, 5) is 4.13. The van der Waals surface area contributed by atoms with E-state index in [0.717, 1.165) is 5.82 Å². The zero-order chi connectivity index (χ0) is 12.3. The van der Waals surface area contributed by atoms with Gasteiger partial charge in [0, 0.05) is 24.5 Å². The number of pyridine rings is 1. The highest BCUT2D eigenvalue weighted by molar-refractivity contribution is 5.53. The Morgan fingerprint density at radius 2 is 2.18 bits per heavy atom. The monoisotopic (exact) mass is 227 g/mol. The molecule has 0 saturated carbocycles. The van der Waals surface area contributed by atoms with Crippen LogP contribution in [0.15, 0.2) is 30.6 Å². The molecule has 5 heteroatoms. The second kappa shape index (κ2) is 4.66. The molecule has 1 N–H and O–H groups in total. The summed E-state index contributed by atoms with van der Waals surface area (Å²) in [6, 6.07) is 7.62. The van der Waals surface area contributed by atoms with Gasteiger partial charge >= 0.3 is 0 Å². The van der Waals surface area contributed by atoms with Gasteiger partial charge in [0.05, 0.1) is 11.6 Å². The number of rotatable bonds is 3. The predicted molar refractivity (Wildman–Crippen MR) is 64.8 cm³/mol. The summed E-state index contributed by atoms with van der Waals surface area (Å²) in [5.74, 6) is 1.35. The number of nitriles is 1. The second-order valence-electron chi connectivity index (χ2n) is 3.94. The lowest BCUT2D eigenvalue weighted by Crippen LogP contribution is -2.02. The minimum absolute atomic E-state index is 0.323. The molecule has 2 aromatic heterocycles. The third-order valence-electron chi connectivity index (χ3n) is 2.28. The summed E-state index contributed by atoms with van der Waals surface area (Å²) >= 11 is 0. The van der Waals surface area contributed by atoms with E-state index in [9.17, 15) is 0 Å². The Morgan fingerprint density at radius 3 is 2.82 bits per heavy atom. The summed E-state index contributed by atoms with van der Waals surface area (Å²) in [7, 11) is 0. The van der Waals surface area contributed by atoms with Crippen LogP contribution in [0.3, 0.4) is 0 Å². The van der Waals surface area contributed by atoms with E-state index in [0.29, 0.717) is 17.4 Å². The molecule has 0 saturated heterocycles. The fourth-order valence-corrected chi connectivity index (χ4v) is 1.39. The molecule has 0 aromatic carbocycles. The van der Waals surface area contributed by atoms with Crippen LogP contribution >= 0.6 is 0 Å². The fraction of sp³-hybridized carbons (Fsp3) is 0.250. The van der Waals surface area contributed by atoms with Gasteiger partial charge in [0.15, 0.2) is 5.82 Å². The van der Waals surface area contributed by atoms with Crippen LogP contribution in [0.4, 0.5) is 11.6 Å². The first-order valence-corrected chi connectivity index (χ1v) is 5.37. The molecular weight excluding hydrogens is 214 g/mol. The molecule has 0 aliphatic rings. The number of anilines is 2. The maximum atomic E-state index is 8.78. The Balaban J connectivity index is 2.17. The van der Waals surface area contributed by atoms with Gasteiger partial charge in [-0.2, -0.15) is 10.4 Å². The Labute approximate surface area is 99.7 Å². The van der Waals surface area contributed by atoms with Crippen LogP contribution in [0.25, 0.3) is 0 Å². The van der Waals surface area contributed by atoms with E-state index in [1.807, 2.05) is 16.9 Å². The molecule has 0 bridgehead atoms. The molecule has 0 radical (unpaired) electrons. The number of nitrogens with zero attached hydrogens (tertiary/aromatic N) is 4. The van der Waals surface area contributed by atoms with Crippen molar-refractivity contribution in [3.05, 3.63) is 36.2 Å². The molecule has 2 aromatic rings. The third-order valence-corrected chi connectivity index (χ3v) is 2.28. The lowest BCUT2D eigenvalue weighted by Gasteiger charge is -2.04. The Morgan fingerprint density at radius 1 is 1.35 bits per heavy atom. The Bertz CT molecular complexity index is 550. The standard InChI is InChI=1S/C12H13N5/c1-9(2)17-6-4-11(16-17)15-12-7-10(8-13)3-5-14-12/h3-7,9H,1-2H3,(H,14,15,16). The normalized spacial score (nSPS) is 10.2. The molecule has 86 valence electrons. The van der Waals surface area contributed by atoms with E-state index in [-0.39, 0.29) is 0 Å². The van der Waals surface area contributed by atoms with Gasteiger partial charge in [-0.25, -0.2) is 4.98 Å². The van der Waals surface area contributed by atoms with Gasteiger partial charge in [-0.3, -0.25) is 4.68 Å². The van der Waals surface area contributed by atoms with Crippen molar-refractivity contribution in [1.29, 1.82) is 5.26 Å². The highest BCUT2D eigenvalue weighted by Gasteiger charge is 2.03. The molecule has 0 amide bonds. The molecule has 0 unspecified atom stereocenters. The highest BCUT2D eigenvalue weighted by atomic mass is 15.3. The average molecular weight is 227 g/mol. The van der Waals surface area contributed by atoms with E-state index in [1.54, 1.807) is 18.3 Å². The largest absolute Gasteiger partial charge is 0.323 e. The molecule has 17 heavy (non-hydrogen) atoms. The van der Waals surface area contributed by atoms with Crippen molar-refractivity contribution >= 4 is 11.6 Å². The van der Waals surface area contributed by atoms with E-state index < -0.39 is 0 Å². The maximum absolute atomic E-state index is 8.78. The number of nitrogens with one attached hydrogen (secondary N) is 1. The van der Waals surface area contributed by atoms with Crippen molar-refractivity contribution in [3.8, 4) is 6.07 Å². The summed E-state index contributed by atoms with van der Waals surface area (Å²) in [6.07, 6.45) is 3.50. The van der Waals surface area contributed by atoms with Crippen LogP contribution in [-0.2, 0) is 0 Å².